The van der Waals surface area contributed by atoms with Crippen LogP contribution < -0.4 is 10.2 Å². The lowest BCUT2D eigenvalue weighted by molar-refractivity contribution is -0.119. The van der Waals surface area contributed by atoms with Crippen molar-refractivity contribution in [1.82, 2.24) is 9.88 Å². The minimum atomic E-state index is 0.00418. The maximum atomic E-state index is 12.5. The fraction of sp³-hybridized carbons (Fsp3) is 0.368. The van der Waals surface area contributed by atoms with Crippen molar-refractivity contribution in [2.75, 3.05) is 37.4 Å². The van der Waals surface area contributed by atoms with E-state index in [1.54, 1.807) is 6.20 Å². The summed E-state index contributed by atoms with van der Waals surface area (Å²) < 4.78 is 0. The van der Waals surface area contributed by atoms with Gasteiger partial charge in [-0.3, -0.25) is 4.79 Å². The average Bonchev–Trinajstić information content (AvgIpc) is 3.05. The second-order valence-electron chi connectivity index (χ2n) is 6.54. The van der Waals surface area contributed by atoms with Gasteiger partial charge in [0.1, 0.15) is 5.82 Å². The molecule has 1 N–H and O–H groups in total. The Bertz CT molecular complexity index is 687. The van der Waals surface area contributed by atoms with Crippen molar-refractivity contribution in [2.24, 2.45) is 5.92 Å². The Balaban J connectivity index is 1.60. The van der Waals surface area contributed by atoms with Gasteiger partial charge in [-0.25, -0.2) is 4.98 Å². The van der Waals surface area contributed by atoms with Gasteiger partial charge in [-0.2, -0.15) is 0 Å². The lowest BCUT2D eigenvalue weighted by Gasteiger charge is -2.18. The predicted molar refractivity (Wildman–Crippen MR) is 97.0 cm³/mol. The molecule has 0 bridgehead atoms. The van der Waals surface area contributed by atoms with Gasteiger partial charge in [0.05, 0.1) is 5.92 Å². The van der Waals surface area contributed by atoms with Gasteiger partial charge in [0.2, 0.25) is 5.91 Å². The molecule has 126 valence electrons. The number of para-hydroxylation sites is 1. The first-order valence-corrected chi connectivity index (χ1v) is 8.32. The predicted octanol–water partition coefficient (Wildman–Crippen LogP) is 2.61. The third-order valence-corrected chi connectivity index (χ3v) is 4.25. The summed E-state index contributed by atoms with van der Waals surface area (Å²) in [5.74, 6) is 0.699. The number of hydrogen-bond acceptors (Lipinski definition) is 4. The highest BCUT2D eigenvalue weighted by Gasteiger charge is 2.28. The Labute approximate surface area is 143 Å². The number of pyridine rings is 1. The molecular weight excluding hydrogens is 300 g/mol. The number of benzene rings is 1. The summed E-state index contributed by atoms with van der Waals surface area (Å²) in [6, 6.07) is 14.2. The highest BCUT2D eigenvalue weighted by molar-refractivity contribution is 5.92. The van der Waals surface area contributed by atoms with E-state index in [4.69, 9.17) is 0 Å². The van der Waals surface area contributed by atoms with E-state index in [0.717, 1.165) is 31.6 Å². The van der Waals surface area contributed by atoms with Gasteiger partial charge in [-0.15, -0.1) is 0 Å². The van der Waals surface area contributed by atoms with Crippen LogP contribution in [-0.2, 0) is 11.3 Å². The quantitative estimate of drug-likeness (QED) is 0.918. The van der Waals surface area contributed by atoms with Crippen LogP contribution in [0.2, 0.25) is 0 Å². The maximum Gasteiger partial charge on any atom is 0.230 e. The summed E-state index contributed by atoms with van der Waals surface area (Å²) in [7, 11) is 4.05. The number of hydrogen-bond donors (Lipinski definition) is 1. The van der Waals surface area contributed by atoms with Crippen LogP contribution in [0.25, 0.3) is 0 Å². The SMILES string of the molecule is CN(C)Cc1ccnc(NC(=O)C2CCN(c3ccccc3)C2)c1. The molecule has 2 aromatic rings. The summed E-state index contributed by atoms with van der Waals surface area (Å²) >= 11 is 0. The van der Waals surface area contributed by atoms with Gasteiger partial charge in [0.25, 0.3) is 0 Å². The Hall–Kier alpha value is -2.40. The molecule has 1 fully saturated rings. The van der Waals surface area contributed by atoms with Gasteiger partial charge >= 0.3 is 0 Å². The third kappa shape index (κ3) is 4.11. The smallest absolute Gasteiger partial charge is 0.230 e. The molecule has 24 heavy (non-hydrogen) atoms. The van der Waals surface area contributed by atoms with E-state index in [0.29, 0.717) is 5.82 Å². The molecule has 5 nitrogen and oxygen atoms in total. The number of nitrogens with zero attached hydrogens (tertiary/aromatic N) is 3. The van der Waals surface area contributed by atoms with Crippen LogP contribution in [0.1, 0.15) is 12.0 Å². The number of carbonyl (C=O) groups is 1. The van der Waals surface area contributed by atoms with Crippen LogP contribution in [0.4, 0.5) is 11.5 Å². The molecule has 0 spiro atoms. The molecule has 1 atom stereocenters. The van der Waals surface area contributed by atoms with E-state index in [-0.39, 0.29) is 11.8 Å². The summed E-state index contributed by atoms with van der Waals surface area (Å²) in [4.78, 5) is 21.2. The Morgan fingerprint density at radius 2 is 2.08 bits per heavy atom. The van der Waals surface area contributed by atoms with Gasteiger partial charge in [0.15, 0.2) is 0 Å². The highest BCUT2D eigenvalue weighted by Crippen LogP contribution is 2.24. The van der Waals surface area contributed by atoms with Crippen LogP contribution in [0, 0.1) is 5.92 Å². The number of amides is 1. The second-order valence-corrected chi connectivity index (χ2v) is 6.54. The molecule has 3 rings (SSSR count). The third-order valence-electron chi connectivity index (χ3n) is 4.25. The summed E-state index contributed by atoms with van der Waals surface area (Å²) in [5.41, 5.74) is 2.32. The van der Waals surface area contributed by atoms with Crippen molar-refractivity contribution in [2.45, 2.75) is 13.0 Å². The zero-order valence-corrected chi connectivity index (χ0v) is 14.3. The first kappa shape index (κ1) is 16.5. The number of anilines is 2. The molecule has 5 heteroatoms. The first-order chi connectivity index (χ1) is 11.6. The van der Waals surface area contributed by atoms with Gasteiger partial charge < -0.3 is 15.1 Å². The largest absolute Gasteiger partial charge is 0.371 e. The maximum absolute atomic E-state index is 12.5. The molecule has 0 aliphatic carbocycles. The minimum absolute atomic E-state index is 0.00418. The minimum Gasteiger partial charge on any atom is -0.371 e. The molecule has 1 unspecified atom stereocenters. The van der Waals surface area contributed by atoms with Crippen LogP contribution in [0.5, 0.6) is 0 Å². The number of aromatic nitrogens is 1. The van der Waals surface area contributed by atoms with Crippen molar-refractivity contribution in [3.8, 4) is 0 Å². The number of rotatable bonds is 5. The number of nitrogens with one attached hydrogen (secondary N) is 1. The Morgan fingerprint density at radius 3 is 2.83 bits per heavy atom. The molecule has 1 aliphatic heterocycles. The second kappa shape index (κ2) is 7.45. The molecule has 1 aromatic carbocycles. The van der Waals surface area contributed by atoms with Gasteiger partial charge in [-0.05, 0) is 50.3 Å². The lowest BCUT2D eigenvalue weighted by Crippen LogP contribution is -2.27. The van der Waals surface area contributed by atoms with E-state index >= 15 is 0 Å². The molecule has 0 radical (unpaired) electrons. The van der Waals surface area contributed by atoms with Crippen molar-refractivity contribution >= 4 is 17.4 Å². The molecule has 1 aromatic heterocycles. The van der Waals surface area contributed by atoms with E-state index in [1.807, 2.05) is 44.4 Å². The van der Waals surface area contributed by atoms with E-state index in [2.05, 4.69) is 32.2 Å². The standard InChI is InChI=1S/C19H24N4O/c1-22(2)13-15-8-10-20-18(12-15)21-19(24)16-9-11-23(14-16)17-6-4-3-5-7-17/h3-8,10,12,16H,9,11,13-14H2,1-2H3,(H,20,21,24). The Kier molecular flexibility index (Phi) is 5.11. The van der Waals surface area contributed by atoms with Crippen LogP contribution in [-0.4, -0.2) is 43.0 Å². The van der Waals surface area contributed by atoms with Crippen molar-refractivity contribution in [3.63, 3.8) is 0 Å². The van der Waals surface area contributed by atoms with Crippen LogP contribution >= 0.6 is 0 Å². The van der Waals surface area contributed by atoms with Gasteiger partial charge in [-0.1, -0.05) is 18.2 Å². The molecular formula is C19H24N4O. The van der Waals surface area contributed by atoms with E-state index in [1.165, 1.54) is 5.69 Å². The van der Waals surface area contributed by atoms with Crippen molar-refractivity contribution in [3.05, 3.63) is 54.2 Å². The van der Waals surface area contributed by atoms with Crippen LogP contribution in [0.3, 0.4) is 0 Å². The zero-order valence-electron chi connectivity index (χ0n) is 14.3. The first-order valence-electron chi connectivity index (χ1n) is 8.32. The Morgan fingerprint density at radius 1 is 1.29 bits per heavy atom. The van der Waals surface area contributed by atoms with Crippen molar-refractivity contribution < 1.29 is 4.79 Å². The fourth-order valence-electron chi connectivity index (χ4n) is 3.08. The molecule has 1 amide bonds. The summed E-state index contributed by atoms with van der Waals surface area (Å²) in [6.45, 7) is 2.50. The van der Waals surface area contributed by atoms with E-state index < -0.39 is 0 Å². The lowest BCUT2D eigenvalue weighted by atomic mass is 10.1. The fourth-order valence-corrected chi connectivity index (χ4v) is 3.08. The highest BCUT2D eigenvalue weighted by atomic mass is 16.2. The monoisotopic (exact) mass is 324 g/mol. The summed E-state index contributed by atoms with van der Waals surface area (Å²) in [5, 5.41) is 2.97. The topological polar surface area (TPSA) is 48.5 Å². The molecule has 2 heterocycles. The molecule has 1 saturated heterocycles. The molecule has 1 aliphatic rings. The van der Waals surface area contributed by atoms with Crippen molar-refractivity contribution in [1.29, 1.82) is 0 Å². The van der Waals surface area contributed by atoms with Crippen LogP contribution in [0.15, 0.2) is 48.7 Å². The van der Waals surface area contributed by atoms with Gasteiger partial charge in [0, 0.05) is 31.5 Å². The average molecular weight is 324 g/mol. The molecule has 0 saturated carbocycles. The van der Waals surface area contributed by atoms with E-state index in [9.17, 15) is 4.79 Å². The number of carbonyl (C=O) groups excluding carboxylic acids is 1. The summed E-state index contributed by atoms with van der Waals surface area (Å²) in [6.07, 6.45) is 2.62. The zero-order chi connectivity index (χ0) is 16.9. The normalized spacial score (nSPS) is 17.3.